The zero-order chi connectivity index (χ0) is 22.3. The highest BCUT2D eigenvalue weighted by Gasteiger charge is 2.11. The first-order chi connectivity index (χ1) is 15.6. The normalized spacial score (nSPS) is 10.7. The molecule has 0 unspecified atom stereocenters. The number of amides is 2. The van der Waals surface area contributed by atoms with Crippen molar-refractivity contribution in [2.45, 2.75) is 26.6 Å². The van der Waals surface area contributed by atoms with Crippen LogP contribution in [-0.4, -0.2) is 21.4 Å². The summed E-state index contributed by atoms with van der Waals surface area (Å²) in [5.74, 6) is -0.203. The van der Waals surface area contributed by atoms with Gasteiger partial charge in [-0.2, -0.15) is 0 Å². The maximum atomic E-state index is 12.6. The molecule has 162 valence electrons. The van der Waals surface area contributed by atoms with Gasteiger partial charge in [0.2, 0.25) is 5.91 Å². The van der Waals surface area contributed by atoms with Crippen molar-refractivity contribution in [3.8, 4) is 11.1 Å². The van der Waals surface area contributed by atoms with Crippen LogP contribution in [0.15, 0.2) is 79.4 Å². The van der Waals surface area contributed by atoms with E-state index in [4.69, 9.17) is 0 Å². The van der Waals surface area contributed by atoms with Crippen LogP contribution in [0.4, 0.5) is 0 Å². The SMILES string of the molecule is CC(=O)NCc1ccc(C(=O)NCc2ccccc2-c2ccc(Cn3ccnc3)cc2)s1. The fourth-order valence-corrected chi connectivity index (χ4v) is 4.27. The van der Waals surface area contributed by atoms with E-state index in [9.17, 15) is 9.59 Å². The molecule has 0 atom stereocenters. The van der Waals surface area contributed by atoms with E-state index in [-0.39, 0.29) is 11.8 Å². The monoisotopic (exact) mass is 444 g/mol. The summed E-state index contributed by atoms with van der Waals surface area (Å²) < 4.78 is 2.03. The van der Waals surface area contributed by atoms with Gasteiger partial charge in [-0.1, -0.05) is 48.5 Å². The van der Waals surface area contributed by atoms with Crippen molar-refractivity contribution in [2.75, 3.05) is 0 Å². The minimum absolute atomic E-state index is 0.0873. The number of aromatic nitrogens is 2. The lowest BCUT2D eigenvalue weighted by atomic mass is 9.98. The molecule has 2 heterocycles. The minimum Gasteiger partial charge on any atom is -0.351 e. The van der Waals surface area contributed by atoms with Crippen LogP contribution in [0.3, 0.4) is 0 Å². The summed E-state index contributed by atoms with van der Waals surface area (Å²) >= 11 is 1.39. The first kappa shape index (κ1) is 21.5. The second kappa shape index (κ2) is 10.1. The number of nitrogens with one attached hydrogen (secondary N) is 2. The molecule has 4 rings (SSSR count). The molecule has 0 aliphatic carbocycles. The number of rotatable bonds is 8. The molecule has 0 saturated heterocycles. The second-order valence-electron chi connectivity index (χ2n) is 7.45. The highest BCUT2D eigenvalue weighted by Crippen LogP contribution is 2.25. The van der Waals surface area contributed by atoms with Crippen LogP contribution in [0.25, 0.3) is 11.1 Å². The molecule has 0 aliphatic rings. The van der Waals surface area contributed by atoms with E-state index in [1.165, 1.54) is 23.8 Å². The number of thiophene rings is 1. The third kappa shape index (κ3) is 5.50. The van der Waals surface area contributed by atoms with Crippen molar-refractivity contribution in [1.82, 2.24) is 20.2 Å². The minimum atomic E-state index is -0.116. The average Bonchev–Trinajstić information content (AvgIpc) is 3.49. The molecule has 2 aromatic carbocycles. The standard InChI is InChI=1S/C25H24N4O2S/c1-18(30)27-15-22-10-11-24(32-22)25(31)28-14-21-4-2-3-5-23(21)20-8-6-19(7-9-20)16-29-13-12-26-17-29/h2-13,17H,14-16H2,1H3,(H,27,30)(H,28,31). The number of carbonyl (C=O) groups excluding carboxylic acids is 2. The van der Waals surface area contributed by atoms with E-state index in [2.05, 4.69) is 45.9 Å². The van der Waals surface area contributed by atoms with E-state index in [1.54, 1.807) is 12.3 Å². The fraction of sp³-hybridized carbons (Fsp3) is 0.160. The van der Waals surface area contributed by atoms with Gasteiger partial charge in [-0.25, -0.2) is 4.98 Å². The zero-order valence-corrected chi connectivity index (χ0v) is 18.6. The van der Waals surface area contributed by atoms with Crippen LogP contribution < -0.4 is 10.6 Å². The fourth-order valence-electron chi connectivity index (χ4n) is 3.41. The molecule has 0 radical (unpaired) electrons. The predicted octanol–water partition coefficient (Wildman–Crippen LogP) is 4.23. The number of imidazole rings is 1. The van der Waals surface area contributed by atoms with Gasteiger partial charge in [0.25, 0.3) is 5.91 Å². The Labute approximate surface area is 190 Å². The van der Waals surface area contributed by atoms with Crippen LogP contribution in [0.1, 0.15) is 32.6 Å². The van der Waals surface area contributed by atoms with Gasteiger partial charge in [-0.3, -0.25) is 9.59 Å². The van der Waals surface area contributed by atoms with Crippen molar-refractivity contribution in [2.24, 2.45) is 0 Å². The number of hydrogen-bond acceptors (Lipinski definition) is 4. The molecule has 0 bridgehead atoms. The highest BCUT2D eigenvalue weighted by atomic mass is 32.1. The first-order valence-corrected chi connectivity index (χ1v) is 11.1. The Hall–Kier alpha value is -3.71. The van der Waals surface area contributed by atoms with E-state index < -0.39 is 0 Å². The van der Waals surface area contributed by atoms with Gasteiger partial charge in [-0.05, 0) is 34.4 Å². The van der Waals surface area contributed by atoms with Crippen LogP contribution in [0, 0.1) is 0 Å². The van der Waals surface area contributed by atoms with Gasteiger partial charge in [0, 0.05) is 37.3 Å². The summed E-state index contributed by atoms with van der Waals surface area (Å²) in [6.07, 6.45) is 5.53. The summed E-state index contributed by atoms with van der Waals surface area (Å²) in [4.78, 5) is 29.3. The Bertz CT molecular complexity index is 1200. The van der Waals surface area contributed by atoms with Crippen molar-refractivity contribution in [1.29, 1.82) is 0 Å². The average molecular weight is 445 g/mol. The van der Waals surface area contributed by atoms with Crippen molar-refractivity contribution in [3.05, 3.63) is 100 Å². The van der Waals surface area contributed by atoms with Crippen LogP contribution in [0.5, 0.6) is 0 Å². The Balaban J connectivity index is 1.41. The molecule has 7 heteroatoms. The Morgan fingerprint density at radius 1 is 0.969 bits per heavy atom. The molecule has 6 nitrogen and oxygen atoms in total. The molecule has 0 fully saturated rings. The van der Waals surface area contributed by atoms with Crippen LogP contribution in [-0.2, 0) is 24.4 Å². The van der Waals surface area contributed by atoms with Gasteiger partial charge in [0.15, 0.2) is 0 Å². The maximum Gasteiger partial charge on any atom is 0.261 e. The van der Waals surface area contributed by atoms with Crippen molar-refractivity contribution >= 4 is 23.2 Å². The lowest BCUT2D eigenvalue weighted by molar-refractivity contribution is -0.119. The number of nitrogens with zero attached hydrogens (tertiary/aromatic N) is 2. The summed E-state index contributed by atoms with van der Waals surface area (Å²) in [5, 5.41) is 5.77. The van der Waals surface area contributed by atoms with E-state index in [1.807, 2.05) is 41.4 Å². The maximum absolute atomic E-state index is 12.6. The molecule has 0 aliphatic heterocycles. The van der Waals surface area contributed by atoms with Crippen LogP contribution >= 0.6 is 11.3 Å². The number of hydrogen-bond donors (Lipinski definition) is 2. The van der Waals surface area contributed by atoms with E-state index in [0.717, 1.165) is 28.1 Å². The third-order valence-electron chi connectivity index (χ3n) is 5.04. The van der Waals surface area contributed by atoms with Crippen molar-refractivity contribution in [3.63, 3.8) is 0 Å². The van der Waals surface area contributed by atoms with Gasteiger partial charge in [0.05, 0.1) is 17.7 Å². The summed E-state index contributed by atoms with van der Waals surface area (Å²) in [7, 11) is 0. The first-order valence-electron chi connectivity index (χ1n) is 10.3. The quantitative estimate of drug-likeness (QED) is 0.427. The summed E-state index contributed by atoms with van der Waals surface area (Å²) in [6, 6.07) is 20.2. The van der Waals surface area contributed by atoms with E-state index >= 15 is 0 Å². The van der Waals surface area contributed by atoms with Gasteiger partial charge in [-0.15, -0.1) is 11.3 Å². The molecular formula is C25H24N4O2S. The predicted molar refractivity (Wildman–Crippen MR) is 126 cm³/mol. The van der Waals surface area contributed by atoms with Crippen LogP contribution in [0.2, 0.25) is 0 Å². The lowest BCUT2D eigenvalue weighted by Crippen LogP contribution is -2.22. The molecule has 32 heavy (non-hydrogen) atoms. The Morgan fingerprint density at radius 2 is 1.78 bits per heavy atom. The molecule has 4 aromatic rings. The summed E-state index contributed by atoms with van der Waals surface area (Å²) in [5.41, 5.74) is 4.46. The van der Waals surface area contributed by atoms with Gasteiger partial charge in [0.1, 0.15) is 0 Å². The highest BCUT2D eigenvalue weighted by molar-refractivity contribution is 7.14. The molecule has 0 spiro atoms. The van der Waals surface area contributed by atoms with E-state index in [0.29, 0.717) is 18.0 Å². The molecule has 2 amide bonds. The van der Waals surface area contributed by atoms with Gasteiger partial charge >= 0.3 is 0 Å². The molecular weight excluding hydrogens is 420 g/mol. The zero-order valence-electron chi connectivity index (χ0n) is 17.7. The molecule has 2 N–H and O–H groups in total. The Kier molecular flexibility index (Phi) is 6.77. The Morgan fingerprint density at radius 3 is 2.53 bits per heavy atom. The number of benzene rings is 2. The van der Waals surface area contributed by atoms with Gasteiger partial charge < -0.3 is 15.2 Å². The topological polar surface area (TPSA) is 76.0 Å². The number of carbonyl (C=O) groups is 2. The smallest absolute Gasteiger partial charge is 0.261 e. The lowest BCUT2D eigenvalue weighted by Gasteiger charge is -2.11. The summed E-state index contributed by atoms with van der Waals surface area (Å²) in [6.45, 7) is 3.13. The second-order valence-corrected chi connectivity index (χ2v) is 8.62. The van der Waals surface area contributed by atoms with Crippen molar-refractivity contribution < 1.29 is 9.59 Å². The largest absolute Gasteiger partial charge is 0.351 e. The third-order valence-corrected chi connectivity index (χ3v) is 6.13. The molecule has 2 aromatic heterocycles. The molecule has 0 saturated carbocycles.